The van der Waals surface area contributed by atoms with E-state index in [0.29, 0.717) is 37.9 Å². The topological polar surface area (TPSA) is 69.5 Å². The minimum absolute atomic E-state index is 0.0881. The number of benzene rings is 1. The molecule has 1 aliphatic carbocycles. The van der Waals surface area contributed by atoms with Gasteiger partial charge in [0.05, 0.1) is 30.9 Å². The molecular formula is C29H42F2N4O3. The number of hydrogen-bond acceptors (Lipinski definition) is 6. The summed E-state index contributed by atoms with van der Waals surface area (Å²) in [6.45, 7) is 11.3. The van der Waals surface area contributed by atoms with Crippen LogP contribution in [-0.2, 0) is 27.4 Å². The average molecular weight is 533 g/mol. The van der Waals surface area contributed by atoms with Gasteiger partial charge in [0.1, 0.15) is 5.92 Å². The number of carbonyl (C=O) groups is 1. The van der Waals surface area contributed by atoms with Crippen molar-refractivity contribution < 1.29 is 23.0 Å². The Hall–Kier alpha value is -2.39. The van der Waals surface area contributed by atoms with E-state index in [-0.39, 0.29) is 24.4 Å². The summed E-state index contributed by atoms with van der Waals surface area (Å²) in [6.07, 6.45) is 4.65. The Kier molecular flexibility index (Phi) is 8.87. The largest absolute Gasteiger partial charge is 0.465 e. The number of nitrogens with zero attached hydrogens (tertiary/aromatic N) is 4. The van der Waals surface area contributed by atoms with Crippen molar-refractivity contribution in [1.29, 1.82) is 0 Å². The van der Waals surface area contributed by atoms with Crippen molar-refractivity contribution in [3.05, 3.63) is 47.8 Å². The van der Waals surface area contributed by atoms with E-state index >= 15 is 0 Å². The molecule has 0 amide bonds. The fraction of sp³-hybridized carbons (Fsp3) is 0.690. The smallest absolute Gasteiger partial charge is 0.315 e. The van der Waals surface area contributed by atoms with Crippen LogP contribution in [0.2, 0.25) is 0 Å². The molecule has 2 aromatic rings. The summed E-state index contributed by atoms with van der Waals surface area (Å²) in [5.41, 5.74) is 0.244. The first kappa shape index (κ1) is 28.6. The molecule has 2 fully saturated rings. The molecule has 0 bridgehead atoms. The lowest BCUT2D eigenvalue weighted by Crippen LogP contribution is -2.41. The Labute approximate surface area is 224 Å². The maximum absolute atomic E-state index is 14.4. The Balaban J connectivity index is 1.23. The van der Waals surface area contributed by atoms with E-state index < -0.39 is 17.3 Å². The van der Waals surface area contributed by atoms with Gasteiger partial charge in [0.2, 0.25) is 0 Å². The summed E-state index contributed by atoms with van der Waals surface area (Å²) in [7, 11) is 0. The number of rotatable bonds is 12. The summed E-state index contributed by atoms with van der Waals surface area (Å²) in [4.78, 5) is 14.7. The summed E-state index contributed by atoms with van der Waals surface area (Å²) < 4.78 is 41.6. The predicted octanol–water partition coefficient (Wildman–Crippen LogP) is 5.32. The van der Waals surface area contributed by atoms with Gasteiger partial charge in [-0.25, -0.2) is 8.78 Å². The molecule has 1 saturated heterocycles. The van der Waals surface area contributed by atoms with Crippen LogP contribution in [0.4, 0.5) is 8.78 Å². The van der Waals surface area contributed by atoms with Crippen molar-refractivity contribution in [2.45, 2.75) is 78.4 Å². The molecule has 1 aromatic carbocycles. The van der Waals surface area contributed by atoms with Gasteiger partial charge in [0, 0.05) is 25.7 Å². The van der Waals surface area contributed by atoms with Crippen LogP contribution in [0, 0.1) is 16.7 Å². The first-order valence-corrected chi connectivity index (χ1v) is 13.8. The molecule has 0 radical (unpaired) electrons. The number of esters is 1. The molecule has 1 saturated carbocycles. The minimum atomic E-state index is -2.65. The van der Waals surface area contributed by atoms with Crippen LogP contribution < -0.4 is 0 Å². The van der Waals surface area contributed by atoms with Crippen LogP contribution in [0.3, 0.4) is 0 Å². The fourth-order valence-corrected chi connectivity index (χ4v) is 5.57. The van der Waals surface area contributed by atoms with Crippen LogP contribution >= 0.6 is 0 Å². The lowest BCUT2D eigenvalue weighted by atomic mass is 9.79. The van der Waals surface area contributed by atoms with Crippen molar-refractivity contribution in [2.75, 3.05) is 32.8 Å². The number of piperidine rings is 1. The zero-order chi connectivity index (χ0) is 27.4. The third kappa shape index (κ3) is 6.97. The molecule has 210 valence electrons. The molecule has 7 nitrogen and oxygen atoms in total. The second kappa shape index (κ2) is 11.8. The monoisotopic (exact) mass is 532 g/mol. The van der Waals surface area contributed by atoms with Crippen LogP contribution in [0.25, 0.3) is 0 Å². The number of halogens is 2. The Bertz CT molecular complexity index is 1050. The van der Waals surface area contributed by atoms with Crippen molar-refractivity contribution >= 4 is 5.97 Å². The lowest BCUT2D eigenvalue weighted by Gasteiger charge is -2.34. The number of ether oxygens (including phenoxy) is 2. The van der Waals surface area contributed by atoms with Gasteiger partial charge < -0.3 is 14.4 Å². The second-order valence-electron chi connectivity index (χ2n) is 12.1. The van der Waals surface area contributed by atoms with Gasteiger partial charge in [-0.2, -0.15) is 0 Å². The highest BCUT2D eigenvalue weighted by Crippen LogP contribution is 2.61. The van der Waals surface area contributed by atoms with E-state index in [4.69, 9.17) is 9.47 Å². The van der Waals surface area contributed by atoms with Gasteiger partial charge >= 0.3 is 5.97 Å². The average Bonchev–Trinajstić information content (AvgIpc) is 3.14. The van der Waals surface area contributed by atoms with Gasteiger partial charge in [0.25, 0.3) is 5.92 Å². The maximum atomic E-state index is 14.4. The molecule has 2 atom stereocenters. The van der Waals surface area contributed by atoms with Crippen LogP contribution in [0.1, 0.15) is 70.6 Å². The van der Waals surface area contributed by atoms with Crippen LogP contribution in [0.5, 0.6) is 0 Å². The quantitative estimate of drug-likeness (QED) is 0.345. The molecular weight excluding hydrogens is 490 g/mol. The van der Waals surface area contributed by atoms with E-state index in [1.807, 2.05) is 62.0 Å². The van der Waals surface area contributed by atoms with Crippen molar-refractivity contribution in [3.63, 3.8) is 0 Å². The summed E-state index contributed by atoms with van der Waals surface area (Å²) >= 11 is 0. The number of likely N-dealkylation sites (tertiary alicyclic amines) is 1. The van der Waals surface area contributed by atoms with Gasteiger partial charge in [0.15, 0.2) is 0 Å². The molecule has 1 aromatic heterocycles. The Morgan fingerprint density at radius 2 is 1.87 bits per heavy atom. The number of hydrogen-bond donors (Lipinski definition) is 0. The van der Waals surface area contributed by atoms with Gasteiger partial charge in [-0.05, 0) is 56.2 Å². The number of aromatic nitrogens is 3. The third-order valence-corrected chi connectivity index (χ3v) is 7.94. The first-order valence-electron chi connectivity index (χ1n) is 13.8. The van der Waals surface area contributed by atoms with Gasteiger partial charge in [-0.3, -0.25) is 9.48 Å². The minimum Gasteiger partial charge on any atom is -0.465 e. The standard InChI is InChI=1S/C29H42F2N4O3/c1-5-38-26(36)25(27(2,3)4)24-17-35(33-32-24)16-13-22-11-14-34(15-12-22)20-28(19-29(28,30)31)21-37-18-23-9-7-6-8-10-23/h6-10,17,22,25H,5,11-16,18-21H2,1-4H3/t25?,28-/m1/s1. The van der Waals surface area contributed by atoms with Crippen LogP contribution in [-0.4, -0.2) is 64.6 Å². The van der Waals surface area contributed by atoms with Crippen molar-refractivity contribution in [2.24, 2.45) is 16.7 Å². The van der Waals surface area contributed by atoms with Crippen molar-refractivity contribution in [1.82, 2.24) is 19.9 Å². The van der Waals surface area contributed by atoms with E-state index in [9.17, 15) is 13.6 Å². The molecule has 9 heteroatoms. The molecule has 0 N–H and O–H groups in total. The maximum Gasteiger partial charge on any atom is 0.315 e. The molecule has 38 heavy (non-hydrogen) atoms. The number of carbonyl (C=O) groups excluding carboxylic acids is 1. The highest BCUT2D eigenvalue weighted by atomic mass is 19.3. The highest BCUT2D eigenvalue weighted by molar-refractivity contribution is 5.78. The molecule has 4 rings (SSSR count). The van der Waals surface area contributed by atoms with E-state index in [2.05, 4.69) is 15.2 Å². The number of alkyl halides is 2. The SMILES string of the molecule is CCOC(=O)C(c1cn(CCC2CCN(C[C@@]3(COCc4ccccc4)CC3(F)F)CC2)nn1)C(C)(C)C. The first-order chi connectivity index (χ1) is 18.0. The summed E-state index contributed by atoms with van der Waals surface area (Å²) in [5, 5.41) is 8.55. The molecule has 1 aliphatic heterocycles. The van der Waals surface area contributed by atoms with E-state index in [1.54, 1.807) is 6.92 Å². The fourth-order valence-electron chi connectivity index (χ4n) is 5.57. The molecule has 0 spiro atoms. The Morgan fingerprint density at radius 1 is 1.18 bits per heavy atom. The van der Waals surface area contributed by atoms with Gasteiger partial charge in [-0.15, -0.1) is 5.10 Å². The van der Waals surface area contributed by atoms with E-state index in [0.717, 1.165) is 37.9 Å². The zero-order valence-electron chi connectivity index (χ0n) is 23.2. The van der Waals surface area contributed by atoms with Gasteiger partial charge in [-0.1, -0.05) is 56.3 Å². The predicted molar refractivity (Wildman–Crippen MR) is 141 cm³/mol. The Morgan fingerprint density at radius 3 is 2.47 bits per heavy atom. The summed E-state index contributed by atoms with van der Waals surface area (Å²) in [5.74, 6) is -2.89. The van der Waals surface area contributed by atoms with E-state index in [1.165, 1.54) is 0 Å². The molecule has 1 unspecified atom stereocenters. The molecule has 2 aliphatic rings. The lowest BCUT2D eigenvalue weighted by molar-refractivity contribution is -0.147. The third-order valence-electron chi connectivity index (χ3n) is 7.94. The summed E-state index contributed by atoms with van der Waals surface area (Å²) in [6, 6.07) is 9.69. The molecule has 2 heterocycles. The van der Waals surface area contributed by atoms with Crippen LogP contribution in [0.15, 0.2) is 36.5 Å². The van der Waals surface area contributed by atoms with Crippen molar-refractivity contribution in [3.8, 4) is 0 Å². The zero-order valence-corrected chi connectivity index (χ0v) is 23.2. The highest BCUT2D eigenvalue weighted by Gasteiger charge is 2.71. The normalized spacial score (nSPS) is 22.8. The second-order valence-corrected chi connectivity index (χ2v) is 12.1. The number of aryl methyl sites for hydroxylation is 1.